The first-order valence-corrected chi connectivity index (χ1v) is 8.69. The van der Waals surface area contributed by atoms with Gasteiger partial charge in [-0.05, 0) is 58.2 Å². The molecule has 0 spiro atoms. The summed E-state index contributed by atoms with van der Waals surface area (Å²) < 4.78 is 19.6. The van der Waals surface area contributed by atoms with Crippen LogP contribution in [0.2, 0.25) is 0 Å². The van der Waals surface area contributed by atoms with Crippen molar-refractivity contribution < 1.29 is 13.9 Å². The van der Waals surface area contributed by atoms with Gasteiger partial charge in [-0.15, -0.1) is 0 Å². The first kappa shape index (κ1) is 18.7. The van der Waals surface area contributed by atoms with E-state index in [1.165, 1.54) is 6.07 Å². The first-order valence-electron chi connectivity index (χ1n) is 8.69. The van der Waals surface area contributed by atoms with E-state index in [0.717, 1.165) is 24.9 Å². The van der Waals surface area contributed by atoms with E-state index in [-0.39, 0.29) is 17.8 Å². The van der Waals surface area contributed by atoms with E-state index in [4.69, 9.17) is 4.74 Å². The third-order valence-corrected chi connectivity index (χ3v) is 4.49. The Morgan fingerprint density at radius 2 is 1.96 bits per heavy atom. The van der Waals surface area contributed by atoms with Crippen molar-refractivity contribution in [2.45, 2.75) is 45.1 Å². The first-order chi connectivity index (χ1) is 11.3. The number of halogens is 1. The Balaban J connectivity index is 2.01. The summed E-state index contributed by atoms with van der Waals surface area (Å²) in [6.07, 6.45) is 1.47. The van der Waals surface area contributed by atoms with E-state index in [1.807, 2.05) is 40.0 Å². The van der Waals surface area contributed by atoms with Gasteiger partial charge in [0.05, 0.1) is 0 Å². The van der Waals surface area contributed by atoms with Gasteiger partial charge < -0.3 is 15.0 Å². The van der Waals surface area contributed by atoms with E-state index < -0.39 is 5.60 Å². The number of benzene rings is 1. The van der Waals surface area contributed by atoms with Crippen LogP contribution < -0.4 is 5.32 Å². The summed E-state index contributed by atoms with van der Waals surface area (Å²) in [5, 5.41) is 3.18. The van der Waals surface area contributed by atoms with Crippen LogP contribution >= 0.6 is 0 Å². The van der Waals surface area contributed by atoms with Gasteiger partial charge in [0.2, 0.25) is 0 Å². The number of amides is 1. The summed E-state index contributed by atoms with van der Waals surface area (Å²) in [5.41, 5.74) is 0.290. The molecule has 0 aliphatic carbocycles. The molecule has 1 aliphatic heterocycles. The fourth-order valence-electron chi connectivity index (χ4n) is 3.34. The Bertz CT molecular complexity index is 549. The van der Waals surface area contributed by atoms with Crippen LogP contribution in [-0.2, 0) is 4.74 Å². The van der Waals surface area contributed by atoms with E-state index in [2.05, 4.69) is 5.32 Å². The zero-order valence-electron chi connectivity index (χ0n) is 15.1. The number of hydrogen-bond acceptors (Lipinski definition) is 3. The summed E-state index contributed by atoms with van der Waals surface area (Å²) in [6, 6.07) is 7.00. The second-order valence-electron chi connectivity index (χ2n) is 7.49. The molecule has 134 valence electrons. The van der Waals surface area contributed by atoms with Gasteiger partial charge in [-0.1, -0.05) is 18.2 Å². The topological polar surface area (TPSA) is 41.6 Å². The molecule has 1 aromatic carbocycles. The molecule has 4 nitrogen and oxygen atoms in total. The van der Waals surface area contributed by atoms with Crippen LogP contribution in [0.4, 0.5) is 9.18 Å². The molecular formula is C19H29FN2O2. The molecule has 0 saturated carbocycles. The molecule has 1 N–H and O–H groups in total. The van der Waals surface area contributed by atoms with Crippen LogP contribution in [0.3, 0.4) is 0 Å². The average molecular weight is 336 g/mol. The zero-order chi connectivity index (χ0) is 17.7. The summed E-state index contributed by atoms with van der Waals surface area (Å²) >= 11 is 0. The zero-order valence-corrected chi connectivity index (χ0v) is 15.1. The summed E-state index contributed by atoms with van der Waals surface area (Å²) in [5.74, 6) is 0.331. The Hall–Kier alpha value is -1.62. The van der Waals surface area contributed by atoms with Crippen LogP contribution in [0.5, 0.6) is 0 Å². The van der Waals surface area contributed by atoms with Crippen molar-refractivity contribution in [3.05, 3.63) is 35.6 Å². The minimum Gasteiger partial charge on any atom is -0.444 e. The standard InChI is InChI=1S/C19H29FN2O2/c1-19(2,3)24-18(23)22-11-9-14(10-12-22)16(13-21-4)15-7-5-6-8-17(15)20/h5-8,14,16,21H,9-13H2,1-4H3. The quantitative estimate of drug-likeness (QED) is 0.910. The fraction of sp³-hybridized carbons (Fsp3) is 0.632. The maximum absolute atomic E-state index is 14.2. The van der Waals surface area contributed by atoms with Crippen LogP contribution in [0.15, 0.2) is 24.3 Å². The Kier molecular flexibility index (Phi) is 6.21. The Morgan fingerprint density at radius 3 is 2.50 bits per heavy atom. The van der Waals surface area contributed by atoms with Crippen molar-refractivity contribution >= 4 is 6.09 Å². The predicted molar refractivity (Wildman–Crippen MR) is 93.6 cm³/mol. The van der Waals surface area contributed by atoms with Crippen molar-refractivity contribution in [3.63, 3.8) is 0 Å². The molecule has 1 unspecified atom stereocenters. The van der Waals surface area contributed by atoms with Gasteiger partial charge in [0, 0.05) is 25.6 Å². The number of likely N-dealkylation sites (tertiary alicyclic amines) is 1. The Labute approximate surface area is 144 Å². The number of carbonyl (C=O) groups is 1. The van der Waals surface area contributed by atoms with E-state index in [0.29, 0.717) is 19.0 Å². The van der Waals surface area contributed by atoms with Crippen LogP contribution in [0, 0.1) is 11.7 Å². The molecule has 5 heteroatoms. The molecule has 1 atom stereocenters. The van der Waals surface area contributed by atoms with Crippen LogP contribution in [-0.4, -0.2) is 43.3 Å². The van der Waals surface area contributed by atoms with Gasteiger partial charge in [-0.25, -0.2) is 9.18 Å². The number of nitrogens with one attached hydrogen (secondary N) is 1. The summed E-state index contributed by atoms with van der Waals surface area (Å²) in [6.45, 7) is 7.68. The van der Waals surface area contributed by atoms with Crippen molar-refractivity contribution in [2.24, 2.45) is 5.92 Å². The predicted octanol–water partition coefficient (Wildman–Crippen LogP) is 3.78. The highest BCUT2D eigenvalue weighted by atomic mass is 19.1. The highest BCUT2D eigenvalue weighted by Gasteiger charge is 2.32. The molecular weight excluding hydrogens is 307 g/mol. The molecule has 1 heterocycles. The van der Waals surface area contributed by atoms with E-state index >= 15 is 0 Å². The maximum atomic E-state index is 14.2. The molecule has 24 heavy (non-hydrogen) atoms. The second kappa shape index (κ2) is 7.97. The monoisotopic (exact) mass is 336 g/mol. The SMILES string of the molecule is CNCC(c1ccccc1F)C1CCN(C(=O)OC(C)(C)C)CC1. The molecule has 1 aliphatic rings. The fourth-order valence-corrected chi connectivity index (χ4v) is 3.34. The largest absolute Gasteiger partial charge is 0.444 e. The molecule has 0 radical (unpaired) electrons. The smallest absolute Gasteiger partial charge is 0.410 e. The minimum absolute atomic E-state index is 0.122. The van der Waals surface area contributed by atoms with Gasteiger partial charge >= 0.3 is 6.09 Å². The number of ether oxygens (including phenoxy) is 1. The second-order valence-corrected chi connectivity index (χ2v) is 7.49. The Morgan fingerprint density at radius 1 is 1.33 bits per heavy atom. The van der Waals surface area contributed by atoms with Crippen molar-refractivity contribution in [1.29, 1.82) is 0 Å². The number of piperidine rings is 1. The summed E-state index contributed by atoms with van der Waals surface area (Å²) in [7, 11) is 1.89. The third kappa shape index (κ3) is 4.94. The van der Waals surface area contributed by atoms with Gasteiger partial charge in [-0.2, -0.15) is 0 Å². The lowest BCUT2D eigenvalue weighted by molar-refractivity contribution is 0.0173. The lowest BCUT2D eigenvalue weighted by Gasteiger charge is -2.37. The minimum atomic E-state index is -0.476. The lowest BCUT2D eigenvalue weighted by atomic mass is 9.80. The number of nitrogens with zero attached hydrogens (tertiary/aromatic N) is 1. The number of rotatable bonds is 4. The van der Waals surface area contributed by atoms with Crippen molar-refractivity contribution in [1.82, 2.24) is 10.2 Å². The molecule has 1 amide bonds. The molecule has 1 aromatic rings. The van der Waals surface area contributed by atoms with Gasteiger partial charge in [0.25, 0.3) is 0 Å². The van der Waals surface area contributed by atoms with Crippen LogP contribution in [0.1, 0.15) is 45.1 Å². The molecule has 1 saturated heterocycles. The number of hydrogen-bond donors (Lipinski definition) is 1. The third-order valence-electron chi connectivity index (χ3n) is 4.49. The molecule has 2 rings (SSSR count). The van der Waals surface area contributed by atoms with Crippen LogP contribution in [0.25, 0.3) is 0 Å². The number of likely N-dealkylation sites (N-methyl/N-ethyl adjacent to an activating group) is 1. The average Bonchev–Trinajstić information content (AvgIpc) is 2.52. The molecule has 1 fully saturated rings. The van der Waals surface area contributed by atoms with E-state index in [1.54, 1.807) is 11.0 Å². The maximum Gasteiger partial charge on any atom is 0.410 e. The normalized spacial score (nSPS) is 17.6. The van der Waals surface area contributed by atoms with Gasteiger partial charge in [-0.3, -0.25) is 0 Å². The van der Waals surface area contributed by atoms with Gasteiger partial charge in [0.15, 0.2) is 0 Å². The highest BCUT2D eigenvalue weighted by molar-refractivity contribution is 5.68. The molecule has 0 aromatic heterocycles. The number of carbonyl (C=O) groups excluding carboxylic acids is 1. The lowest BCUT2D eigenvalue weighted by Crippen LogP contribution is -2.43. The molecule has 0 bridgehead atoms. The van der Waals surface area contributed by atoms with E-state index in [9.17, 15) is 9.18 Å². The summed E-state index contributed by atoms with van der Waals surface area (Å²) in [4.78, 5) is 13.9. The van der Waals surface area contributed by atoms with Gasteiger partial charge in [0.1, 0.15) is 11.4 Å². The van der Waals surface area contributed by atoms with Crippen molar-refractivity contribution in [2.75, 3.05) is 26.7 Å². The van der Waals surface area contributed by atoms with Crippen molar-refractivity contribution in [3.8, 4) is 0 Å². The highest BCUT2D eigenvalue weighted by Crippen LogP contribution is 2.34.